The topological polar surface area (TPSA) is 126 Å². The summed E-state index contributed by atoms with van der Waals surface area (Å²) in [5.74, 6) is -0.975. The molecule has 0 unspecified atom stereocenters. The molecule has 0 saturated heterocycles. The van der Waals surface area contributed by atoms with Crippen molar-refractivity contribution < 1.29 is 19.5 Å². The first-order chi connectivity index (χ1) is 14.8. The van der Waals surface area contributed by atoms with Gasteiger partial charge in [-0.25, -0.2) is 0 Å². The van der Waals surface area contributed by atoms with Crippen molar-refractivity contribution in [3.63, 3.8) is 0 Å². The first kappa shape index (κ1) is 24.3. The minimum Gasteiger partial charge on any atom is -0.391 e. The number of aryl methyl sites for hydroxylation is 1. The smallest absolute Gasteiger partial charge is 0.275 e. The van der Waals surface area contributed by atoms with Crippen LogP contribution in [0.25, 0.3) is 11.1 Å². The number of hydrogen-bond acceptors (Lipinski definition) is 6. The molecular formula is C22H28N4O4S. The normalized spacial score (nSPS) is 12.5. The van der Waals surface area contributed by atoms with Crippen molar-refractivity contribution in [1.29, 1.82) is 0 Å². The number of nitrogens with one attached hydrogen (secondary N) is 3. The van der Waals surface area contributed by atoms with Gasteiger partial charge in [-0.1, -0.05) is 43.3 Å². The molecule has 0 bridgehead atoms. The van der Waals surface area contributed by atoms with Gasteiger partial charge in [0.05, 0.1) is 6.10 Å². The summed E-state index contributed by atoms with van der Waals surface area (Å²) < 4.78 is 0. The summed E-state index contributed by atoms with van der Waals surface area (Å²) in [5, 5.41) is 14.9. The molecule has 2 aromatic carbocycles. The van der Waals surface area contributed by atoms with Gasteiger partial charge in [0.1, 0.15) is 6.04 Å². The van der Waals surface area contributed by atoms with Gasteiger partial charge in [0, 0.05) is 18.7 Å². The number of aliphatic hydroxyl groups is 1. The van der Waals surface area contributed by atoms with Crippen molar-refractivity contribution in [2.75, 3.05) is 13.1 Å². The second-order valence-electron chi connectivity index (χ2n) is 6.93. The second-order valence-corrected chi connectivity index (χ2v) is 7.33. The predicted molar refractivity (Wildman–Crippen MR) is 123 cm³/mol. The molecule has 2 rings (SSSR count). The zero-order valence-corrected chi connectivity index (χ0v) is 18.4. The number of carbonyl (C=O) groups excluding carboxylic acids is 2. The van der Waals surface area contributed by atoms with Crippen molar-refractivity contribution in [3.8, 4) is 11.1 Å². The third-order valence-corrected chi connectivity index (χ3v) is 4.68. The highest BCUT2D eigenvalue weighted by molar-refractivity contribution is 7.79. The van der Waals surface area contributed by atoms with Gasteiger partial charge in [-0.2, -0.15) is 5.48 Å². The number of carbonyl (C=O) groups is 2. The molecule has 0 aliphatic rings. The van der Waals surface area contributed by atoms with E-state index in [4.69, 9.17) is 10.6 Å². The van der Waals surface area contributed by atoms with E-state index in [1.54, 1.807) is 12.1 Å². The molecule has 0 heterocycles. The number of hydroxylamine groups is 1. The maximum atomic E-state index is 12.6. The first-order valence-corrected chi connectivity index (χ1v) is 10.4. The summed E-state index contributed by atoms with van der Waals surface area (Å²) in [6.45, 7) is 3.96. The zero-order chi connectivity index (χ0) is 22.8. The summed E-state index contributed by atoms with van der Waals surface area (Å²) in [4.78, 5) is 29.6. The molecule has 0 fully saturated rings. The largest absolute Gasteiger partial charge is 0.391 e. The quantitative estimate of drug-likeness (QED) is 0.212. The minimum absolute atomic E-state index is 0.163. The molecule has 0 aliphatic carbocycles. The SMILES string of the molecule is CCc1ccc(-c2ccc(C(=O)N[C@H](C(=O)NCCNOC(N)=S)[C@@H](C)O)cc2)cc1. The summed E-state index contributed by atoms with van der Waals surface area (Å²) in [6, 6.07) is 14.2. The molecule has 2 atom stereocenters. The second kappa shape index (κ2) is 12.0. The summed E-state index contributed by atoms with van der Waals surface area (Å²) in [5.41, 5.74) is 11.3. The molecule has 2 amide bonds. The lowest BCUT2D eigenvalue weighted by molar-refractivity contribution is -0.125. The molecule has 8 nitrogen and oxygen atoms in total. The van der Waals surface area contributed by atoms with E-state index >= 15 is 0 Å². The van der Waals surface area contributed by atoms with Gasteiger partial charge in [0.25, 0.3) is 11.1 Å². The number of benzene rings is 2. The third-order valence-electron chi connectivity index (χ3n) is 4.59. The number of rotatable bonds is 10. The number of thiocarbonyl (C=S) groups is 1. The molecular weight excluding hydrogens is 416 g/mol. The van der Waals surface area contributed by atoms with Crippen LogP contribution in [0.1, 0.15) is 29.8 Å². The van der Waals surface area contributed by atoms with Gasteiger partial charge >= 0.3 is 0 Å². The zero-order valence-electron chi connectivity index (χ0n) is 17.6. The van der Waals surface area contributed by atoms with Gasteiger partial charge in [0.15, 0.2) is 0 Å². The van der Waals surface area contributed by atoms with Crippen molar-refractivity contribution in [2.45, 2.75) is 32.4 Å². The minimum atomic E-state index is -1.11. The Morgan fingerprint density at radius 2 is 1.65 bits per heavy atom. The fourth-order valence-corrected chi connectivity index (χ4v) is 2.90. The van der Waals surface area contributed by atoms with E-state index in [0.717, 1.165) is 17.5 Å². The van der Waals surface area contributed by atoms with E-state index in [9.17, 15) is 14.7 Å². The fourth-order valence-electron chi connectivity index (χ4n) is 2.85. The average molecular weight is 445 g/mol. The highest BCUT2D eigenvalue weighted by Crippen LogP contribution is 2.20. The van der Waals surface area contributed by atoms with Gasteiger partial charge in [-0.3, -0.25) is 9.59 Å². The molecule has 0 saturated carbocycles. The maximum absolute atomic E-state index is 12.6. The van der Waals surface area contributed by atoms with Crippen LogP contribution in [0.5, 0.6) is 0 Å². The predicted octanol–water partition coefficient (Wildman–Crippen LogP) is 1.28. The van der Waals surface area contributed by atoms with Crippen LogP contribution in [0.4, 0.5) is 0 Å². The summed E-state index contributed by atoms with van der Waals surface area (Å²) >= 11 is 4.54. The van der Waals surface area contributed by atoms with Crippen LogP contribution in [0.15, 0.2) is 48.5 Å². The fraction of sp³-hybridized carbons (Fsp3) is 0.318. The van der Waals surface area contributed by atoms with E-state index in [1.807, 2.05) is 24.3 Å². The van der Waals surface area contributed by atoms with E-state index in [-0.39, 0.29) is 18.3 Å². The van der Waals surface area contributed by atoms with Crippen molar-refractivity contribution >= 4 is 29.2 Å². The van der Waals surface area contributed by atoms with Gasteiger partial charge in [0.2, 0.25) is 5.91 Å². The van der Waals surface area contributed by atoms with E-state index in [1.165, 1.54) is 12.5 Å². The monoisotopic (exact) mass is 444 g/mol. The summed E-state index contributed by atoms with van der Waals surface area (Å²) in [7, 11) is 0. The Hall–Kier alpha value is -3.01. The van der Waals surface area contributed by atoms with Gasteiger partial charge in [-0.05, 0) is 54.4 Å². The lowest BCUT2D eigenvalue weighted by Crippen LogP contribution is -2.53. The van der Waals surface area contributed by atoms with E-state index in [2.05, 4.69) is 47.4 Å². The first-order valence-electron chi connectivity index (χ1n) is 9.97. The standard InChI is InChI=1S/C22H28N4O4S/c1-3-15-4-6-16(7-5-15)17-8-10-18(11-9-17)20(28)26-19(14(2)27)21(29)24-12-13-25-30-22(23)31/h4-11,14,19,25,27H,3,12-13H2,1-2H3,(H2,23,31)(H,24,29)(H,26,28)/t14-,19+/m1/s1. The molecule has 0 radical (unpaired) electrons. The number of nitrogens with two attached hydrogens (primary N) is 1. The Kier molecular flexibility index (Phi) is 9.39. The Morgan fingerprint density at radius 3 is 2.16 bits per heavy atom. The van der Waals surface area contributed by atoms with Crippen LogP contribution < -0.4 is 21.8 Å². The molecule has 0 spiro atoms. The van der Waals surface area contributed by atoms with Crippen LogP contribution in [-0.2, 0) is 16.1 Å². The van der Waals surface area contributed by atoms with E-state index in [0.29, 0.717) is 5.56 Å². The third kappa shape index (κ3) is 7.63. The molecule has 0 aliphatic heterocycles. The molecule has 9 heteroatoms. The number of amides is 2. The Labute approximate surface area is 187 Å². The van der Waals surface area contributed by atoms with Gasteiger partial charge in [-0.15, -0.1) is 0 Å². The Morgan fingerprint density at radius 1 is 1.06 bits per heavy atom. The van der Waals surface area contributed by atoms with Gasteiger partial charge < -0.3 is 26.3 Å². The molecule has 166 valence electrons. The highest BCUT2D eigenvalue weighted by Gasteiger charge is 2.25. The molecule has 6 N–H and O–H groups in total. The Balaban J connectivity index is 1.95. The van der Waals surface area contributed by atoms with Crippen LogP contribution in [0, 0.1) is 0 Å². The average Bonchev–Trinajstić information content (AvgIpc) is 2.76. The number of aliphatic hydroxyl groups excluding tert-OH is 1. The number of hydrogen-bond donors (Lipinski definition) is 5. The van der Waals surface area contributed by atoms with Crippen LogP contribution >= 0.6 is 12.2 Å². The van der Waals surface area contributed by atoms with Crippen molar-refractivity contribution in [1.82, 2.24) is 16.1 Å². The van der Waals surface area contributed by atoms with Crippen LogP contribution in [-0.4, -0.2) is 47.3 Å². The van der Waals surface area contributed by atoms with Crippen LogP contribution in [0.3, 0.4) is 0 Å². The Bertz CT molecular complexity index is 885. The molecule has 2 aromatic rings. The van der Waals surface area contributed by atoms with Crippen molar-refractivity contribution in [3.05, 3.63) is 59.7 Å². The molecule has 31 heavy (non-hydrogen) atoms. The van der Waals surface area contributed by atoms with Crippen LogP contribution in [0.2, 0.25) is 0 Å². The maximum Gasteiger partial charge on any atom is 0.275 e. The van der Waals surface area contributed by atoms with E-state index < -0.39 is 24.0 Å². The lowest BCUT2D eigenvalue weighted by atomic mass is 10.0. The lowest BCUT2D eigenvalue weighted by Gasteiger charge is -2.21. The van der Waals surface area contributed by atoms with Crippen molar-refractivity contribution in [2.24, 2.45) is 5.73 Å². The highest BCUT2D eigenvalue weighted by atomic mass is 32.1. The molecule has 0 aromatic heterocycles. The summed E-state index contributed by atoms with van der Waals surface area (Å²) in [6.07, 6.45) is -0.107.